The molecule has 0 radical (unpaired) electrons. The Morgan fingerprint density at radius 2 is 2.05 bits per heavy atom. The average molecular weight is 311 g/mol. The van der Waals surface area contributed by atoms with Gasteiger partial charge < -0.3 is 11.1 Å². The molecule has 1 aromatic rings. The summed E-state index contributed by atoms with van der Waals surface area (Å²) < 4.78 is 26.7. The summed E-state index contributed by atoms with van der Waals surface area (Å²) in [6, 6.07) is 6.46. The van der Waals surface area contributed by atoms with Crippen LogP contribution in [0.15, 0.2) is 29.2 Å². The molecule has 21 heavy (non-hydrogen) atoms. The molecule has 0 spiro atoms. The maximum atomic E-state index is 12.2. The van der Waals surface area contributed by atoms with E-state index in [0.717, 1.165) is 12.8 Å². The van der Waals surface area contributed by atoms with Crippen molar-refractivity contribution in [2.24, 2.45) is 11.7 Å². The maximum Gasteiger partial charge on any atom is 0.242 e. The summed E-state index contributed by atoms with van der Waals surface area (Å²) in [5.41, 5.74) is 6.12. The van der Waals surface area contributed by atoms with E-state index in [-0.39, 0.29) is 22.8 Å². The number of hydrogen-bond donors (Lipinski definition) is 3. The first-order chi connectivity index (χ1) is 9.94. The molecule has 1 aliphatic carbocycles. The molecule has 1 aromatic carbocycles. The van der Waals surface area contributed by atoms with Gasteiger partial charge in [-0.3, -0.25) is 4.79 Å². The summed E-state index contributed by atoms with van der Waals surface area (Å²) in [5.74, 6) is -0.308. The number of amides is 1. The molecule has 1 fully saturated rings. The molecule has 1 saturated carbocycles. The Morgan fingerprint density at radius 1 is 1.33 bits per heavy atom. The third-order valence-electron chi connectivity index (χ3n) is 3.61. The van der Waals surface area contributed by atoms with Gasteiger partial charge in [-0.1, -0.05) is 19.1 Å². The van der Waals surface area contributed by atoms with Crippen molar-refractivity contribution in [1.82, 2.24) is 4.72 Å². The van der Waals surface area contributed by atoms with Crippen molar-refractivity contribution in [1.29, 1.82) is 0 Å². The Hall–Kier alpha value is -1.44. The van der Waals surface area contributed by atoms with Crippen LogP contribution in [0.5, 0.6) is 0 Å². The lowest BCUT2D eigenvalue weighted by molar-refractivity contribution is -0.119. The monoisotopic (exact) mass is 311 g/mol. The van der Waals surface area contributed by atoms with E-state index in [4.69, 9.17) is 5.73 Å². The normalized spacial score (nSPS) is 22.2. The van der Waals surface area contributed by atoms with E-state index in [0.29, 0.717) is 18.7 Å². The van der Waals surface area contributed by atoms with Gasteiger partial charge in [-0.05, 0) is 31.4 Å². The van der Waals surface area contributed by atoms with Gasteiger partial charge in [-0.15, -0.1) is 0 Å². The molecular formula is C14H21N3O3S. The number of benzene rings is 1. The Morgan fingerprint density at radius 3 is 2.67 bits per heavy atom. The summed E-state index contributed by atoms with van der Waals surface area (Å²) >= 11 is 0. The molecule has 6 nitrogen and oxygen atoms in total. The Bertz CT molecular complexity index is 616. The van der Waals surface area contributed by atoms with Crippen LogP contribution in [0.4, 0.5) is 5.69 Å². The number of nitrogens with two attached hydrogens (primary N) is 1. The van der Waals surface area contributed by atoms with Crippen molar-refractivity contribution < 1.29 is 13.2 Å². The minimum atomic E-state index is -3.61. The van der Waals surface area contributed by atoms with Crippen molar-refractivity contribution in [3.63, 3.8) is 0 Å². The van der Waals surface area contributed by atoms with Gasteiger partial charge in [0.05, 0.1) is 5.69 Å². The maximum absolute atomic E-state index is 12.2. The highest BCUT2D eigenvalue weighted by Gasteiger charge is 2.28. The number of anilines is 1. The second-order valence-corrected chi connectivity index (χ2v) is 6.99. The lowest BCUT2D eigenvalue weighted by Crippen LogP contribution is -2.27. The highest BCUT2D eigenvalue weighted by atomic mass is 32.2. The highest BCUT2D eigenvalue weighted by molar-refractivity contribution is 7.89. The lowest BCUT2D eigenvalue weighted by Gasteiger charge is -2.14. The zero-order chi connectivity index (χ0) is 15.5. The quantitative estimate of drug-likeness (QED) is 0.756. The molecule has 2 atom stereocenters. The van der Waals surface area contributed by atoms with Crippen molar-refractivity contribution in [3.05, 3.63) is 24.3 Å². The van der Waals surface area contributed by atoms with E-state index >= 15 is 0 Å². The molecule has 0 aromatic heterocycles. The van der Waals surface area contributed by atoms with Crippen LogP contribution in [-0.4, -0.2) is 26.9 Å². The van der Waals surface area contributed by atoms with Gasteiger partial charge in [0.1, 0.15) is 4.90 Å². The number of sulfonamides is 1. The van der Waals surface area contributed by atoms with E-state index < -0.39 is 10.0 Å². The van der Waals surface area contributed by atoms with Crippen molar-refractivity contribution in [2.75, 3.05) is 11.9 Å². The van der Waals surface area contributed by atoms with Gasteiger partial charge >= 0.3 is 0 Å². The van der Waals surface area contributed by atoms with Gasteiger partial charge in [-0.25, -0.2) is 13.1 Å². The first kappa shape index (κ1) is 15.9. The first-order valence-corrected chi connectivity index (χ1v) is 8.57. The fraction of sp³-hybridized carbons (Fsp3) is 0.500. The van der Waals surface area contributed by atoms with Gasteiger partial charge in [0, 0.05) is 18.5 Å². The minimum Gasteiger partial charge on any atom is -0.328 e. The molecule has 2 rings (SSSR count). The second kappa shape index (κ2) is 6.55. The molecule has 2 unspecified atom stereocenters. The van der Waals surface area contributed by atoms with Crippen LogP contribution in [0.1, 0.15) is 26.2 Å². The Kier molecular flexibility index (Phi) is 4.97. The van der Waals surface area contributed by atoms with Crippen LogP contribution in [0.2, 0.25) is 0 Å². The number of carbonyl (C=O) groups excluding carboxylic acids is 1. The molecule has 0 heterocycles. The summed E-state index contributed by atoms with van der Waals surface area (Å²) in [5, 5.41) is 2.72. The summed E-state index contributed by atoms with van der Waals surface area (Å²) in [7, 11) is -3.61. The molecule has 116 valence electrons. The number of carbonyl (C=O) groups is 1. The van der Waals surface area contributed by atoms with Crippen molar-refractivity contribution in [2.45, 2.75) is 37.1 Å². The summed E-state index contributed by atoms with van der Waals surface area (Å²) in [4.78, 5) is 12.3. The molecule has 0 bridgehead atoms. The zero-order valence-electron chi connectivity index (χ0n) is 12.0. The summed E-state index contributed by atoms with van der Waals surface area (Å²) in [6.07, 6.45) is 2.22. The standard InChI is InChI=1S/C14H21N3O3S/c1-2-16-21(19,20)13-6-4-3-5-12(13)17-14(18)10-7-8-11(15)9-10/h3-6,10-11,16H,2,7-9,15H2,1H3,(H,17,18). The number of para-hydroxylation sites is 1. The van der Waals surface area contributed by atoms with E-state index in [1.165, 1.54) is 6.07 Å². The number of rotatable bonds is 5. The molecule has 4 N–H and O–H groups in total. The largest absolute Gasteiger partial charge is 0.328 e. The second-order valence-electron chi connectivity index (χ2n) is 5.26. The van der Waals surface area contributed by atoms with Crippen molar-refractivity contribution >= 4 is 21.6 Å². The Balaban J connectivity index is 2.19. The third-order valence-corrected chi connectivity index (χ3v) is 5.22. The fourth-order valence-corrected chi connectivity index (χ4v) is 3.76. The first-order valence-electron chi connectivity index (χ1n) is 7.09. The van der Waals surface area contributed by atoms with Crippen LogP contribution in [0.25, 0.3) is 0 Å². The van der Waals surface area contributed by atoms with Crippen LogP contribution in [0, 0.1) is 5.92 Å². The van der Waals surface area contributed by atoms with E-state index in [1.807, 2.05) is 0 Å². The van der Waals surface area contributed by atoms with E-state index in [9.17, 15) is 13.2 Å². The number of nitrogens with one attached hydrogen (secondary N) is 2. The topological polar surface area (TPSA) is 101 Å². The predicted molar refractivity (Wildman–Crippen MR) is 81.3 cm³/mol. The molecule has 7 heteroatoms. The molecule has 0 aliphatic heterocycles. The van der Waals surface area contributed by atoms with E-state index in [1.54, 1.807) is 25.1 Å². The SMILES string of the molecule is CCNS(=O)(=O)c1ccccc1NC(=O)C1CCC(N)C1. The summed E-state index contributed by atoms with van der Waals surface area (Å²) in [6.45, 7) is 2.00. The van der Waals surface area contributed by atoms with Crippen LogP contribution in [0.3, 0.4) is 0 Å². The van der Waals surface area contributed by atoms with Crippen molar-refractivity contribution in [3.8, 4) is 0 Å². The zero-order valence-corrected chi connectivity index (χ0v) is 12.8. The third kappa shape index (κ3) is 3.81. The molecule has 1 amide bonds. The molecule has 0 saturated heterocycles. The number of hydrogen-bond acceptors (Lipinski definition) is 4. The fourth-order valence-electron chi connectivity index (χ4n) is 2.56. The van der Waals surface area contributed by atoms with Crippen LogP contribution < -0.4 is 15.8 Å². The predicted octanol–water partition coefficient (Wildman–Crippen LogP) is 1.05. The molecular weight excluding hydrogens is 290 g/mol. The average Bonchev–Trinajstić information content (AvgIpc) is 2.86. The van der Waals surface area contributed by atoms with Gasteiger partial charge in [0.2, 0.25) is 15.9 Å². The Labute approximate surface area is 125 Å². The minimum absolute atomic E-state index is 0.0569. The van der Waals surface area contributed by atoms with Gasteiger partial charge in [0.15, 0.2) is 0 Å². The van der Waals surface area contributed by atoms with E-state index in [2.05, 4.69) is 10.0 Å². The lowest BCUT2D eigenvalue weighted by atomic mass is 10.1. The smallest absolute Gasteiger partial charge is 0.242 e. The highest BCUT2D eigenvalue weighted by Crippen LogP contribution is 2.27. The molecule has 1 aliphatic rings. The van der Waals surface area contributed by atoms with Crippen LogP contribution >= 0.6 is 0 Å². The van der Waals surface area contributed by atoms with Gasteiger partial charge in [-0.2, -0.15) is 0 Å². The van der Waals surface area contributed by atoms with Gasteiger partial charge in [0.25, 0.3) is 0 Å². The van der Waals surface area contributed by atoms with Crippen LogP contribution in [-0.2, 0) is 14.8 Å².